The number of pyridine rings is 1. The summed E-state index contributed by atoms with van der Waals surface area (Å²) in [5.74, 6) is -1.43. The predicted octanol–water partition coefficient (Wildman–Crippen LogP) is 3.42. The Bertz CT molecular complexity index is 1190. The second-order valence-corrected chi connectivity index (χ2v) is 8.07. The Labute approximate surface area is 185 Å². The van der Waals surface area contributed by atoms with Crippen LogP contribution in [0.3, 0.4) is 0 Å². The second kappa shape index (κ2) is 9.18. The number of amides is 2. The lowest BCUT2D eigenvalue weighted by Crippen LogP contribution is -2.36. The Morgan fingerprint density at radius 1 is 1.00 bits per heavy atom. The average Bonchev–Trinajstić information content (AvgIpc) is 3.59. The Hall–Kier alpha value is -3.74. The summed E-state index contributed by atoms with van der Waals surface area (Å²) in [5.41, 5.74) is 0.882. The molecule has 2 N–H and O–H groups in total. The Balaban J connectivity index is 1.64. The second-order valence-electron chi connectivity index (χ2n) is 8.07. The van der Waals surface area contributed by atoms with Gasteiger partial charge in [-0.3, -0.25) is 14.4 Å². The molecule has 0 radical (unpaired) electrons. The summed E-state index contributed by atoms with van der Waals surface area (Å²) >= 11 is 0. The molecule has 1 fully saturated rings. The van der Waals surface area contributed by atoms with Crippen LogP contribution in [0.5, 0.6) is 0 Å². The zero-order valence-electron chi connectivity index (χ0n) is 17.7. The number of hydrogen-bond acceptors (Lipinski definition) is 3. The minimum atomic E-state index is -0.615. The summed E-state index contributed by atoms with van der Waals surface area (Å²) in [7, 11) is 0. The van der Waals surface area contributed by atoms with Gasteiger partial charge in [0.1, 0.15) is 16.9 Å². The van der Waals surface area contributed by atoms with E-state index in [0.717, 1.165) is 18.4 Å². The van der Waals surface area contributed by atoms with Crippen LogP contribution in [0.25, 0.3) is 0 Å². The highest BCUT2D eigenvalue weighted by Crippen LogP contribution is 2.19. The highest BCUT2D eigenvalue weighted by atomic mass is 19.1. The standard InChI is InChI=1S/C25H24FN3O3/c1-16(18-7-9-19(26)10-8-18)27-24(31)21-14-29(13-17-5-3-2-4-6-17)15-22(23(21)30)25(32)28-20-11-12-20/h2-10,14-16,20H,11-13H2,1H3,(H,27,31)(H,28,32). The van der Waals surface area contributed by atoms with E-state index in [0.29, 0.717) is 12.1 Å². The minimum Gasteiger partial charge on any atom is -0.349 e. The largest absolute Gasteiger partial charge is 0.349 e. The van der Waals surface area contributed by atoms with E-state index in [1.165, 1.54) is 24.5 Å². The molecule has 1 aromatic heterocycles. The van der Waals surface area contributed by atoms with Gasteiger partial charge in [0.05, 0.1) is 6.04 Å². The molecule has 4 rings (SSSR count). The molecular formula is C25H24FN3O3. The van der Waals surface area contributed by atoms with Crippen LogP contribution in [-0.4, -0.2) is 22.4 Å². The number of halogens is 1. The van der Waals surface area contributed by atoms with E-state index in [1.54, 1.807) is 23.6 Å². The van der Waals surface area contributed by atoms with Gasteiger partial charge >= 0.3 is 0 Å². The van der Waals surface area contributed by atoms with Crippen molar-refractivity contribution in [3.8, 4) is 0 Å². The fourth-order valence-electron chi connectivity index (χ4n) is 3.44. The van der Waals surface area contributed by atoms with E-state index in [-0.39, 0.29) is 23.0 Å². The molecule has 32 heavy (non-hydrogen) atoms. The molecule has 3 aromatic rings. The maximum Gasteiger partial charge on any atom is 0.257 e. The first-order valence-corrected chi connectivity index (χ1v) is 10.6. The third-order valence-electron chi connectivity index (χ3n) is 5.41. The molecule has 1 atom stereocenters. The highest BCUT2D eigenvalue weighted by Gasteiger charge is 2.27. The van der Waals surface area contributed by atoms with Gasteiger partial charge in [-0.05, 0) is 43.0 Å². The number of carbonyl (C=O) groups excluding carboxylic acids is 2. The summed E-state index contributed by atoms with van der Waals surface area (Å²) in [6, 6.07) is 15.0. The van der Waals surface area contributed by atoms with Crippen molar-refractivity contribution in [2.45, 2.75) is 38.4 Å². The maximum absolute atomic E-state index is 13.2. The van der Waals surface area contributed by atoms with Gasteiger partial charge in [0, 0.05) is 25.0 Å². The first-order valence-electron chi connectivity index (χ1n) is 10.6. The molecule has 1 aliphatic carbocycles. The molecule has 6 nitrogen and oxygen atoms in total. The lowest BCUT2D eigenvalue weighted by molar-refractivity contribution is 0.0938. The SMILES string of the molecule is CC(NC(=O)c1cn(Cc2ccccc2)cc(C(=O)NC2CC2)c1=O)c1ccc(F)cc1. The molecule has 1 aliphatic rings. The Morgan fingerprint density at radius 3 is 2.25 bits per heavy atom. The van der Waals surface area contributed by atoms with Crippen molar-refractivity contribution in [2.24, 2.45) is 0 Å². The topological polar surface area (TPSA) is 80.2 Å². The third-order valence-corrected chi connectivity index (χ3v) is 5.41. The van der Waals surface area contributed by atoms with E-state index in [4.69, 9.17) is 0 Å². The van der Waals surface area contributed by atoms with Gasteiger partial charge in [-0.15, -0.1) is 0 Å². The monoisotopic (exact) mass is 433 g/mol. The van der Waals surface area contributed by atoms with Crippen LogP contribution in [0.4, 0.5) is 4.39 Å². The van der Waals surface area contributed by atoms with Gasteiger partial charge < -0.3 is 15.2 Å². The molecule has 1 unspecified atom stereocenters. The van der Waals surface area contributed by atoms with E-state index in [1.807, 2.05) is 30.3 Å². The first-order chi connectivity index (χ1) is 15.4. The lowest BCUT2D eigenvalue weighted by Gasteiger charge is -2.16. The van der Waals surface area contributed by atoms with E-state index < -0.39 is 23.3 Å². The summed E-state index contributed by atoms with van der Waals surface area (Å²) in [6.45, 7) is 2.15. The number of benzene rings is 2. The average molecular weight is 433 g/mol. The number of rotatable bonds is 7. The summed E-state index contributed by atoms with van der Waals surface area (Å²) < 4.78 is 14.9. The number of hydrogen-bond donors (Lipinski definition) is 2. The van der Waals surface area contributed by atoms with Crippen LogP contribution in [0, 0.1) is 5.82 Å². The molecule has 7 heteroatoms. The molecule has 0 aliphatic heterocycles. The van der Waals surface area contributed by atoms with Crippen molar-refractivity contribution < 1.29 is 14.0 Å². The quantitative estimate of drug-likeness (QED) is 0.599. The molecule has 1 heterocycles. The van der Waals surface area contributed by atoms with Crippen LogP contribution in [-0.2, 0) is 6.54 Å². The van der Waals surface area contributed by atoms with Crippen LogP contribution < -0.4 is 16.1 Å². The summed E-state index contributed by atoms with van der Waals surface area (Å²) in [5, 5.41) is 5.60. The van der Waals surface area contributed by atoms with Gasteiger partial charge in [0.25, 0.3) is 11.8 Å². The zero-order valence-corrected chi connectivity index (χ0v) is 17.7. The first kappa shape index (κ1) is 21.5. The van der Waals surface area contributed by atoms with Crippen molar-refractivity contribution in [1.29, 1.82) is 0 Å². The Morgan fingerprint density at radius 2 is 1.62 bits per heavy atom. The van der Waals surface area contributed by atoms with E-state index in [2.05, 4.69) is 10.6 Å². The summed E-state index contributed by atoms with van der Waals surface area (Å²) in [6.07, 6.45) is 4.74. The van der Waals surface area contributed by atoms with Crippen molar-refractivity contribution in [3.63, 3.8) is 0 Å². The van der Waals surface area contributed by atoms with Gasteiger partial charge in [-0.25, -0.2) is 4.39 Å². The maximum atomic E-state index is 13.2. The van der Waals surface area contributed by atoms with Crippen molar-refractivity contribution in [2.75, 3.05) is 0 Å². The Kier molecular flexibility index (Phi) is 6.16. The molecule has 2 aromatic carbocycles. The van der Waals surface area contributed by atoms with Gasteiger partial charge in [0.15, 0.2) is 0 Å². The number of aromatic nitrogens is 1. The van der Waals surface area contributed by atoms with Crippen molar-refractivity contribution in [1.82, 2.24) is 15.2 Å². The molecular weight excluding hydrogens is 409 g/mol. The minimum absolute atomic E-state index is 0.0603. The molecule has 1 saturated carbocycles. The molecule has 0 saturated heterocycles. The van der Waals surface area contributed by atoms with Gasteiger partial charge in [-0.2, -0.15) is 0 Å². The zero-order chi connectivity index (χ0) is 22.7. The number of nitrogens with zero attached hydrogens (tertiary/aromatic N) is 1. The molecule has 2 amide bonds. The third kappa shape index (κ3) is 5.11. The van der Waals surface area contributed by atoms with E-state index >= 15 is 0 Å². The molecule has 0 spiro atoms. The highest BCUT2D eigenvalue weighted by molar-refractivity contribution is 5.99. The number of nitrogens with one attached hydrogen (secondary N) is 2. The normalized spacial score (nSPS) is 13.9. The fraction of sp³-hybridized carbons (Fsp3) is 0.240. The molecule has 0 bridgehead atoms. The van der Waals surface area contributed by atoms with Crippen LogP contribution in [0.1, 0.15) is 57.7 Å². The van der Waals surface area contributed by atoms with Gasteiger partial charge in [0.2, 0.25) is 5.43 Å². The van der Waals surface area contributed by atoms with Crippen molar-refractivity contribution >= 4 is 11.8 Å². The van der Waals surface area contributed by atoms with Crippen LogP contribution in [0.2, 0.25) is 0 Å². The van der Waals surface area contributed by atoms with E-state index in [9.17, 15) is 18.8 Å². The molecule has 164 valence electrons. The van der Waals surface area contributed by atoms with Crippen LogP contribution in [0.15, 0.2) is 71.8 Å². The predicted molar refractivity (Wildman–Crippen MR) is 119 cm³/mol. The lowest BCUT2D eigenvalue weighted by atomic mass is 10.1. The summed E-state index contributed by atoms with van der Waals surface area (Å²) in [4.78, 5) is 38.7. The smallest absolute Gasteiger partial charge is 0.257 e. The fourth-order valence-corrected chi connectivity index (χ4v) is 3.44. The van der Waals surface area contributed by atoms with Crippen LogP contribution >= 0.6 is 0 Å². The number of carbonyl (C=O) groups is 2. The van der Waals surface area contributed by atoms with Crippen molar-refractivity contribution in [3.05, 3.63) is 105 Å². The van der Waals surface area contributed by atoms with Gasteiger partial charge in [-0.1, -0.05) is 42.5 Å².